The van der Waals surface area contributed by atoms with Crippen molar-refractivity contribution >= 4 is 33.4 Å². The second-order valence-corrected chi connectivity index (χ2v) is 9.74. The van der Waals surface area contributed by atoms with Crippen LogP contribution in [0.2, 0.25) is 0 Å². The Balaban J connectivity index is 1.68. The van der Waals surface area contributed by atoms with E-state index in [2.05, 4.69) is 40.2 Å². The van der Waals surface area contributed by atoms with Crippen LogP contribution in [0, 0.1) is 11.8 Å². The highest BCUT2D eigenvalue weighted by molar-refractivity contribution is 9.10. The molecule has 2 bridgehead atoms. The molecule has 2 amide bonds. The van der Waals surface area contributed by atoms with Crippen LogP contribution in [0.15, 0.2) is 77.3 Å². The highest BCUT2D eigenvalue weighted by atomic mass is 79.9. The van der Waals surface area contributed by atoms with Crippen LogP contribution in [0.5, 0.6) is 0 Å². The van der Waals surface area contributed by atoms with E-state index in [4.69, 9.17) is 9.47 Å². The van der Waals surface area contributed by atoms with Gasteiger partial charge in [-0.2, -0.15) is 0 Å². The van der Waals surface area contributed by atoms with Crippen LogP contribution in [-0.2, 0) is 24.5 Å². The van der Waals surface area contributed by atoms with E-state index in [0.29, 0.717) is 5.69 Å². The summed E-state index contributed by atoms with van der Waals surface area (Å²) in [5.41, 5.74) is 3.76. The average Bonchev–Trinajstić information content (AvgIpc) is 3.11. The van der Waals surface area contributed by atoms with Crippen molar-refractivity contribution in [3.8, 4) is 0 Å². The van der Waals surface area contributed by atoms with Crippen LogP contribution in [0.3, 0.4) is 0 Å². The van der Waals surface area contributed by atoms with Gasteiger partial charge in [0.2, 0.25) is 11.8 Å². The van der Waals surface area contributed by atoms with E-state index in [1.807, 2.05) is 42.5 Å². The number of carbonyl (C=O) groups excluding carboxylic acids is 2. The predicted octanol–water partition coefficient (Wildman–Crippen LogP) is 4.62. The van der Waals surface area contributed by atoms with Gasteiger partial charge in [-0.25, -0.2) is 4.90 Å². The molecule has 166 valence electrons. The molecule has 1 saturated heterocycles. The van der Waals surface area contributed by atoms with Gasteiger partial charge >= 0.3 is 0 Å². The summed E-state index contributed by atoms with van der Waals surface area (Å²) in [6.45, 7) is 0. The number of hydrogen-bond acceptors (Lipinski definition) is 4. The lowest BCUT2D eigenvalue weighted by atomic mass is 9.47. The van der Waals surface area contributed by atoms with Gasteiger partial charge in [0.1, 0.15) is 0 Å². The second kappa shape index (κ2) is 7.35. The van der Waals surface area contributed by atoms with Crippen molar-refractivity contribution < 1.29 is 19.1 Å². The molecule has 1 heterocycles. The van der Waals surface area contributed by atoms with E-state index >= 15 is 0 Å². The quantitative estimate of drug-likeness (QED) is 0.385. The monoisotopic (exact) mass is 503 g/mol. The first-order valence-electron chi connectivity index (χ1n) is 10.9. The summed E-state index contributed by atoms with van der Waals surface area (Å²) in [5, 5.41) is 0. The number of anilines is 1. The lowest BCUT2D eigenvalue weighted by Gasteiger charge is -2.56. The van der Waals surface area contributed by atoms with Crippen LogP contribution >= 0.6 is 15.9 Å². The fourth-order valence-corrected chi connectivity index (χ4v) is 6.96. The standard InChI is InChI=1S/C27H22BrNO4/c1-32-26(33-2)27-19-12-5-3-10-17(19)21(18-11-4-6-13-20(18)27)22-23(27)25(31)29(24(22)30)16-9-7-8-15(28)14-16/h3-14,21-23,26H,1-2H3/t21?,22-,23-,27?/m0/s1. The minimum absolute atomic E-state index is 0.174. The van der Waals surface area contributed by atoms with Gasteiger partial charge in [0.25, 0.3) is 0 Å². The summed E-state index contributed by atoms with van der Waals surface area (Å²) in [4.78, 5) is 29.6. The Morgan fingerprint density at radius 3 is 2.03 bits per heavy atom. The largest absolute Gasteiger partial charge is 0.355 e. The number of rotatable bonds is 4. The molecule has 0 saturated carbocycles. The SMILES string of the molecule is COC(OC)C12c3ccccc3C(c3ccccc31)[C@@H]1C(=O)N(c3cccc(Br)c3)C(=O)[C@H]12. The third kappa shape index (κ3) is 2.49. The number of imide groups is 1. The highest BCUT2D eigenvalue weighted by Gasteiger charge is 2.71. The number of nitrogens with zero attached hydrogens (tertiary/aromatic N) is 1. The van der Waals surface area contributed by atoms with Crippen LogP contribution in [-0.4, -0.2) is 32.3 Å². The molecule has 3 aliphatic carbocycles. The van der Waals surface area contributed by atoms with Crippen molar-refractivity contribution in [1.29, 1.82) is 0 Å². The maximum Gasteiger partial charge on any atom is 0.239 e. The van der Waals surface area contributed by atoms with Crippen molar-refractivity contribution in [3.05, 3.63) is 99.5 Å². The first-order valence-corrected chi connectivity index (χ1v) is 11.7. The number of amides is 2. The van der Waals surface area contributed by atoms with E-state index < -0.39 is 23.5 Å². The van der Waals surface area contributed by atoms with Crippen molar-refractivity contribution in [1.82, 2.24) is 0 Å². The molecular weight excluding hydrogens is 482 g/mol. The van der Waals surface area contributed by atoms with E-state index in [1.54, 1.807) is 20.3 Å². The smallest absolute Gasteiger partial charge is 0.239 e. The number of benzene rings is 3. The fraction of sp³-hybridized carbons (Fsp3) is 0.259. The summed E-state index contributed by atoms with van der Waals surface area (Å²) in [6, 6.07) is 23.5. The molecule has 3 aromatic rings. The van der Waals surface area contributed by atoms with Crippen molar-refractivity contribution in [3.63, 3.8) is 0 Å². The number of ether oxygens (including phenoxy) is 2. The Bertz CT molecular complexity index is 1250. The molecule has 2 atom stereocenters. The highest BCUT2D eigenvalue weighted by Crippen LogP contribution is 2.65. The minimum Gasteiger partial charge on any atom is -0.355 e. The zero-order chi connectivity index (χ0) is 22.9. The average molecular weight is 504 g/mol. The maximum absolute atomic E-state index is 14.2. The molecule has 7 rings (SSSR count). The number of halogens is 1. The van der Waals surface area contributed by atoms with Gasteiger partial charge in [-0.1, -0.05) is 70.5 Å². The van der Waals surface area contributed by atoms with Gasteiger partial charge in [0.05, 0.1) is 22.9 Å². The molecule has 5 nitrogen and oxygen atoms in total. The van der Waals surface area contributed by atoms with Crippen LogP contribution in [0.25, 0.3) is 0 Å². The van der Waals surface area contributed by atoms with Crippen molar-refractivity contribution in [2.24, 2.45) is 11.8 Å². The summed E-state index contributed by atoms with van der Waals surface area (Å²) in [7, 11) is 3.19. The molecule has 4 aliphatic rings. The van der Waals surface area contributed by atoms with Gasteiger partial charge in [-0.3, -0.25) is 9.59 Å². The zero-order valence-electron chi connectivity index (χ0n) is 18.2. The van der Waals surface area contributed by atoms with Crippen LogP contribution < -0.4 is 4.90 Å². The molecule has 0 radical (unpaired) electrons. The summed E-state index contributed by atoms with van der Waals surface area (Å²) >= 11 is 3.48. The third-order valence-electron chi connectivity index (χ3n) is 7.55. The lowest BCUT2D eigenvalue weighted by molar-refractivity contribution is -0.168. The topological polar surface area (TPSA) is 55.8 Å². The van der Waals surface area contributed by atoms with E-state index in [-0.39, 0.29) is 17.7 Å². The van der Waals surface area contributed by atoms with Crippen LogP contribution in [0.1, 0.15) is 28.2 Å². The molecule has 1 fully saturated rings. The number of methoxy groups -OCH3 is 2. The van der Waals surface area contributed by atoms with Gasteiger partial charge in [-0.15, -0.1) is 0 Å². The van der Waals surface area contributed by atoms with E-state index in [9.17, 15) is 9.59 Å². The van der Waals surface area contributed by atoms with E-state index in [1.165, 1.54) is 4.90 Å². The second-order valence-electron chi connectivity index (χ2n) is 8.82. The molecule has 0 N–H and O–H groups in total. The third-order valence-corrected chi connectivity index (χ3v) is 8.04. The Hall–Kier alpha value is -2.80. The van der Waals surface area contributed by atoms with Gasteiger partial charge in [0.15, 0.2) is 6.29 Å². The minimum atomic E-state index is -0.941. The first-order chi connectivity index (χ1) is 16.1. The molecule has 0 spiro atoms. The molecule has 0 aromatic heterocycles. The molecule has 6 heteroatoms. The van der Waals surface area contributed by atoms with E-state index in [0.717, 1.165) is 26.7 Å². The molecule has 33 heavy (non-hydrogen) atoms. The zero-order valence-corrected chi connectivity index (χ0v) is 19.8. The Kier molecular flexibility index (Phi) is 4.63. The maximum atomic E-state index is 14.2. The lowest BCUT2D eigenvalue weighted by Crippen LogP contribution is -2.60. The summed E-state index contributed by atoms with van der Waals surface area (Å²) < 4.78 is 12.6. The fourth-order valence-electron chi connectivity index (χ4n) is 6.57. The van der Waals surface area contributed by atoms with Gasteiger partial charge in [-0.05, 0) is 40.5 Å². The number of carbonyl (C=O) groups is 2. The normalized spacial score (nSPS) is 27.0. The first kappa shape index (κ1) is 20.8. The molecule has 0 unspecified atom stereocenters. The Morgan fingerprint density at radius 1 is 0.848 bits per heavy atom. The Morgan fingerprint density at radius 2 is 1.45 bits per heavy atom. The van der Waals surface area contributed by atoms with Crippen molar-refractivity contribution in [2.75, 3.05) is 19.1 Å². The molecular formula is C27H22BrNO4. The van der Waals surface area contributed by atoms with Crippen LogP contribution in [0.4, 0.5) is 5.69 Å². The van der Waals surface area contributed by atoms with Gasteiger partial charge < -0.3 is 9.47 Å². The van der Waals surface area contributed by atoms with Gasteiger partial charge in [0, 0.05) is 24.6 Å². The predicted molar refractivity (Wildman–Crippen MR) is 127 cm³/mol. The summed E-state index contributed by atoms with van der Waals surface area (Å²) in [5.74, 6) is -1.76. The molecule has 3 aromatic carbocycles. The number of hydrogen-bond donors (Lipinski definition) is 0. The Labute approximate surface area is 200 Å². The summed E-state index contributed by atoms with van der Waals surface area (Å²) in [6.07, 6.45) is -0.743. The molecule has 1 aliphatic heterocycles. The van der Waals surface area contributed by atoms with Crippen molar-refractivity contribution in [2.45, 2.75) is 17.6 Å².